The first kappa shape index (κ1) is 16.1. The maximum atomic E-state index is 13.7. The monoisotopic (exact) mass is 333 g/mol. The Labute approximate surface area is 139 Å². The molecule has 3 rings (SSSR count). The van der Waals surface area contributed by atoms with E-state index in [4.69, 9.17) is 4.74 Å². The zero-order chi connectivity index (χ0) is 16.2. The number of halogens is 1. The van der Waals surface area contributed by atoms with Crippen molar-refractivity contribution in [2.24, 2.45) is 5.92 Å². The first-order chi connectivity index (χ1) is 11.1. The van der Waals surface area contributed by atoms with Crippen molar-refractivity contribution in [3.05, 3.63) is 57.5 Å². The maximum Gasteiger partial charge on any atom is 0.251 e. The van der Waals surface area contributed by atoms with Gasteiger partial charge < -0.3 is 10.1 Å². The van der Waals surface area contributed by atoms with Crippen LogP contribution in [0.15, 0.2) is 35.7 Å². The van der Waals surface area contributed by atoms with E-state index >= 15 is 0 Å². The van der Waals surface area contributed by atoms with Crippen LogP contribution in [0, 0.1) is 18.7 Å². The molecule has 0 aliphatic carbocycles. The molecule has 3 nitrogen and oxygen atoms in total. The standard InChI is InChI=1S/C18H20FNO2S/c1-12-4-5-14(11-15(12)19)18(21)20-17(16-3-2-10-23-16)13-6-8-22-9-7-13/h2-5,10-11,13,17H,6-9H2,1H3,(H,20,21). The second kappa shape index (κ2) is 7.23. The maximum absolute atomic E-state index is 13.7. The Morgan fingerprint density at radius 1 is 1.35 bits per heavy atom. The molecule has 1 atom stereocenters. The van der Waals surface area contributed by atoms with E-state index in [1.54, 1.807) is 30.4 Å². The molecular weight excluding hydrogens is 313 g/mol. The van der Waals surface area contributed by atoms with E-state index in [9.17, 15) is 9.18 Å². The summed E-state index contributed by atoms with van der Waals surface area (Å²) in [7, 11) is 0. The summed E-state index contributed by atoms with van der Waals surface area (Å²) in [4.78, 5) is 13.7. The molecule has 1 unspecified atom stereocenters. The minimum absolute atomic E-state index is 0.0456. The summed E-state index contributed by atoms with van der Waals surface area (Å²) in [6.07, 6.45) is 1.84. The van der Waals surface area contributed by atoms with E-state index in [1.807, 2.05) is 17.5 Å². The Balaban J connectivity index is 1.80. The van der Waals surface area contributed by atoms with Gasteiger partial charge >= 0.3 is 0 Å². The summed E-state index contributed by atoms with van der Waals surface area (Å²) >= 11 is 1.64. The number of nitrogens with one attached hydrogen (secondary N) is 1. The molecule has 1 aliphatic heterocycles. The second-order valence-corrected chi connectivity index (χ2v) is 6.86. The van der Waals surface area contributed by atoms with Gasteiger partial charge in [-0.05, 0) is 54.8 Å². The third kappa shape index (κ3) is 3.79. The van der Waals surface area contributed by atoms with E-state index in [2.05, 4.69) is 5.32 Å². The summed E-state index contributed by atoms with van der Waals surface area (Å²) in [6, 6.07) is 8.60. The normalized spacial score (nSPS) is 17.0. The van der Waals surface area contributed by atoms with E-state index in [1.165, 1.54) is 6.07 Å². The van der Waals surface area contributed by atoms with Gasteiger partial charge in [-0.25, -0.2) is 4.39 Å². The fraction of sp³-hybridized carbons (Fsp3) is 0.389. The number of ether oxygens (including phenoxy) is 1. The molecule has 122 valence electrons. The Morgan fingerprint density at radius 2 is 2.13 bits per heavy atom. The highest BCUT2D eigenvalue weighted by Crippen LogP contribution is 2.32. The Morgan fingerprint density at radius 3 is 2.78 bits per heavy atom. The van der Waals surface area contributed by atoms with Gasteiger partial charge in [0.1, 0.15) is 5.82 Å². The van der Waals surface area contributed by atoms with Gasteiger partial charge in [0.25, 0.3) is 5.91 Å². The molecule has 1 fully saturated rings. The first-order valence-corrected chi connectivity index (χ1v) is 8.71. The van der Waals surface area contributed by atoms with Crippen LogP contribution >= 0.6 is 11.3 Å². The van der Waals surface area contributed by atoms with Crippen molar-refractivity contribution < 1.29 is 13.9 Å². The van der Waals surface area contributed by atoms with Gasteiger partial charge in [0, 0.05) is 23.7 Å². The van der Waals surface area contributed by atoms with Crippen LogP contribution in [-0.4, -0.2) is 19.1 Å². The van der Waals surface area contributed by atoms with Crippen LogP contribution < -0.4 is 5.32 Å². The molecule has 0 bridgehead atoms. The number of hydrogen-bond acceptors (Lipinski definition) is 3. The van der Waals surface area contributed by atoms with Gasteiger partial charge in [-0.2, -0.15) is 0 Å². The number of hydrogen-bond donors (Lipinski definition) is 1. The van der Waals surface area contributed by atoms with Crippen molar-refractivity contribution in [1.29, 1.82) is 0 Å². The van der Waals surface area contributed by atoms with Crippen LogP contribution in [0.3, 0.4) is 0 Å². The third-order valence-corrected chi connectivity index (χ3v) is 5.26. The lowest BCUT2D eigenvalue weighted by Gasteiger charge is -2.30. The van der Waals surface area contributed by atoms with Crippen molar-refractivity contribution in [1.82, 2.24) is 5.32 Å². The van der Waals surface area contributed by atoms with Crippen molar-refractivity contribution in [2.45, 2.75) is 25.8 Å². The van der Waals surface area contributed by atoms with Gasteiger partial charge in [-0.3, -0.25) is 4.79 Å². The minimum atomic E-state index is -0.351. The van der Waals surface area contributed by atoms with Crippen LogP contribution in [0.1, 0.15) is 39.7 Å². The van der Waals surface area contributed by atoms with Gasteiger partial charge in [0.2, 0.25) is 0 Å². The Kier molecular flexibility index (Phi) is 5.08. The SMILES string of the molecule is Cc1ccc(C(=O)NC(c2cccs2)C2CCOCC2)cc1F. The third-order valence-electron chi connectivity index (χ3n) is 4.31. The van der Waals surface area contributed by atoms with Crippen molar-refractivity contribution in [2.75, 3.05) is 13.2 Å². The van der Waals surface area contributed by atoms with Crippen LogP contribution in [0.4, 0.5) is 4.39 Å². The van der Waals surface area contributed by atoms with Crippen molar-refractivity contribution in [3.63, 3.8) is 0 Å². The van der Waals surface area contributed by atoms with Crippen molar-refractivity contribution >= 4 is 17.2 Å². The van der Waals surface area contributed by atoms with Crippen LogP contribution in [0.5, 0.6) is 0 Å². The molecule has 1 aromatic heterocycles. The molecule has 1 amide bonds. The lowest BCUT2D eigenvalue weighted by Crippen LogP contribution is -2.35. The summed E-state index contributed by atoms with van der Waals surface area (Å²) in [6.45, 7) is 3.14. The number of amides is 1. The zero-order valence-electron chi connectivity index (χ0n) is 13.0. The average Bonchev–Trinajstić information content (AvgIpc) is 3.10. The van der Waals surface area contributed by atoms with E-state index < -0.39 is 0 Å². The molecule has 0 spiro atoms. The highest BCUT2D eigenvalue weighted by atomic mass is 32.1. The molecule has 5 heteroatoms. The molecular formula is C18H20FNO2S. The average molecular weight is 333 g/mol. The molecule has 0 radical (unpaired) electrons. The Hall–Kier alpha value is -1.72. The van der Waals surface area contributed by atoms with Crippen LogP contribution in [-0.2, 0) is 4.74 Å². The quantitative estimate of drug-likeness (QED) is 0.915. The van der Waals surface area contributed by atoms with Gasteiger partial charge in [0.05, 0.1) is 6.04 Å². The van der Waals surface area contributed by atoms with Gasteiger partial charge in [-0.15, -0.1) is 11.3 Å². The second-order valence-electron chi connectivity index (χ2n) is 5.88. The number of rotatable bonds is 4. The van der Waals surface area contributed by atoms with Gasteiger partial charge in [-0.1, -0.05) is 12.1 Å². The first-order valence-electron chi connectivity index (χ1n) is 7.83. The predicted molar refractivity (Wildman–Crippen MR) is 89.2 cm³/mol. The van der Waals surface area contributed by atoms with Crippen molar-refractivity contribution in [3.8, 4) is 0 Å². The summed E-state index contributed by atoms with van der Waals surface area (Å²) in [5.41, 5.74) is 0.905. The molecule has 1 saturated heterocycles. The largest absolute Gasteiger partial charge is 0.381 e. The Bertz CT molecular complexity index is 666. The molecule has 1 aliphatic rings. The number of aryl methyl sites for hydroxylation is 1. The molecule has 23 heavy (non-hydrogen) atoms. The fourth-order valence-corrected chi connectivity index (χ4v) is 3.77. The van der Waals surface area contributed by atoms with Gasteiger partial charge in [0.15, 0.2) is 0 Å². The lowest BCUT2D eigenvalue weighted by atomic mass is 9.90. The summed E-state index contributed by atoms with van der Waals surface area (Å²) in [5.74, 6) is -0.230. The minimum Gasteiger partial charge on any atom is -0.381 e. The van der Waals surface area contributed by atoms with Crippen LogP contribution in [0.2, 0.25) is 0 Å². The number of carbonyl (C=O) groups is 1. The molecule has 1 N–H and O–H groups in total. The number of benzene rings is 1. The van der Waals surface area contributed by atoms with Crippen LogP contribution in [0.25, 0.3) is 0 Å². The number of carbonyl (C=O) groups excluding carboxylic acids is 1. The predicted octanol–water partition coefficient (Wildman–Crippen LogP) is 4.09. The van der Waals surface area contributed by atoms with E-state index in [-0.39, 0.29) is 17.8 Å². The topological polar surface area (TPSA) is 38.3 Å². The summed E-state index contributed by atoms with van der Waals surface area (Å²) in [5, 5.41) is 5.11. The van der Waals surface area contributed by atoms with E-state index in [0.29, 0.717) is 17.0 Å². The van der Waals surface area contributed by atoms with E-state index in [0.717, 1.165) is 30.9 Å². The number of thiophene rings is 1. The molecule has 2 aromatic rings. The molecule has 2 heterocycles. The molecule has 1 aromatic carbocycles. The zero-order valence-corrected chi connectivity index (χ0v) is 13.9. The lowest BCUT2D eigenvalue weighted by molar-refractivity contribution is 0.0518. The summed E-state index contributed by atoms with van der Waals surface area (Å²) < 4.78 is 19.1. The highest BCUT2D eigenvalue weighted by molar-refractivity contribution is 7.10. The smallest absolute Gasteiger partial charge is 0.251 e. The molecule has 0 saturated carbocycles. The highest BCUT2D eigenvalue weighted by Gasteiger charge is 2.28. The fourth-order valence-electron chi connectivity index (χ4n) is 2.90.